The highest BCUT2D eigenvalue weighted by Crippen LogP contribution is 2.35. The second kappa shape index (κ2) is 5.76. The molecule has 0 bridgehead atoms. The first-order valence-electron chi connectivity index (χ1n) is 7.02. The number of nitrogens with zero attached hydrogens (tertiary/aromatic N) is 1. The Morgan fingerprint density at radius 3 is 2.62 bits per heavy atom. The summed E-state index contributed by atoms with van der Waals surface area (Å²) in [7, 11) is 4.12. The minimum absolute atomic E-state index is 0.165. The molecule has 0 saturated carbocycles. The number of hydrogen-bond acceptors (Lipinski definition) is 4. The van der Waals surface area contributed by atoms with Crippen molar-refractivity contribution in [1.82, 2.24) is 4.90 Å². The summed E-state index contributed by atoms with van der Waals surface area (Å²) in [6.45, 7) is 1.19. The molecule has 1 aliphatic rings. The van der Waals surface area contributed by atoms with Crippen molar-refractivity contribution < 1.29 is 9.47 Å². The van der Waals surface area contributed by atoms with Gasteiger partial charge in [-0.1, -0.05) is 30.3 Å². The molecule has 1 heterocycles. The fourth-order valence-corrected chi connectivity index (χ4v) is 2.55. The smallest absolute Gasteiger partial charge is 0.231 e. The van der Waals surface area contributed by atoms with Crippen molar-refractivity contribution in [3.05, 3.63) is 59.2 Å². The van der Waals surface area contributed by atoms with Crippen LogP contribution in [0.15, 0.2) is 42.5 Å². The van der Waals surface area contributed by atoms with Gasteiger partial charge in [0.1, 0.15) is 0 Å². The molecule has 0 amide bonds. The lowest BCUT2D eigenvalue weighted by atomic mass is 9.97. The number of ether oxygens (including phenoxy) is 2. The van der Waals surface area contributed by atoms with Crippen molar-refractivity contribution in [2.45, 2.75) is 12.6 Å². The van der Waals surface area contributed by atoms with Crippen LogP contribution in [0.25, 0.3) is 0 Å². The van der Waals surface area contributed by atoms with E-state index in [0.717, 1.165) is 29.2 Å². The summed E-state index contributed by atoms with van der Waals surface area (Å²) in [6, 6.07) is 14.1. The van der Waals surface area contributed by atoms with Crippen molar-refractivity contribution in [2.24, 2.45) is 5.73 Å². The first-order valence-corrected chi connectivity index (χ1v) is 7.02. The fraction of sp³-hybridized carbons (Fsp3) is 0.294. The van der Waals surface area contributed by atoms with Crippen LogP contribution in [0.4, 0.5) is 0 Å². The summed E-state index contributed by atoms with van der Waals surface area (Å²) in [4.78, 5) is 2.14. The topological polar surface area (TPSA) is 47.7 Å². The lowest BCUT2D eigenvalue weighted by Gasteiger charge is -2.16. The van der Waals surface area contributed by atoms with Crippen molar-refractivity contribution in [3.8, 4) is 11.5 Å². The van der Waals surface area contributed by atoms with Gasteiger partial charge >= 0.3 is 0 Å². The lowest BCUT2D eigenvalue weighted by molar-refractivity contribution is 0.174. The average Bonchev–Trinajstić information content (AvgIpc) is 2.93. The Morgan fingerprint density at radius 2 is 1.81 bits per heavy atom. The molecule has 4 heteroatoms. The monoisotopic (exact) mass is 284 g/mol. The minimum atomic E-state index is -0.165. The highest BCUT2D eigenvalue weighted by molar-refractivity contribution is 5.47. The van der Waals surface area contributed by atoms with Gasteiger partial charge in [0.25, 0.3) is 0 Å². The van der Waals surface area contributed by atoms with E-state index in [4.69, 9.17) is 15.2 Å². The molecular weight excluding hydrogens is 264 g/mol. The van der Waals surface area contributed by atoms with Crippen LogP contribution in [0.3, 0.4) is 0 Å². The molecule has 0 fully saturated rings. The van der Waals surface area contributed by atoms with Crippen LogP contribution in [0.1, 0.15) is 22.7 Å². The molecule has 2 N–H and O–H groups in total. The first kappa shape index (κ1) is 13.9. The summed E-state index contributed by atoms with van der Waals surface area (Å²) in [5.74, 6) is 1.56. The summed E-state index contributed by atoms with van der Waals surface area (Å²) < 4.78 is 10.8. The standard InChI is InChI=1S/C17H20N2O2/c1-19(2)10-12-4-3-5-13(8-12)17(18)14-6-7-15-16(9-14)21-11-20-15/h3-9,17H,10-11,18H2,1-2H3. The van der Waals surface area contributed by atoms with Gasteiger partial charge in [-0.3, -0.25) is 0 Å². The van der Waals surface area contributed by atoms with Crippen molar-refractivity contribution >= 4 is 0 Å². The van der Waals surface area contributed by atoms with Gasteiger partial charge in [0.15, 0.2) is 11.5 Å². The van der Waals surface area contributed by atoms with Crippen LogP contribution in [-0.4, -0.2) is 25.8 Å². The van der Waals surface area contributed by atoms with Gasteiger partial charge in [-0.2, -0.15) is 0 Å². The molecule has 0 spiro atoms. The Balaban J connectivity index is 1.86. The molecule has 1 atom stereocenters. The molecule has 1 unspecified atom stereocenters. The molecule has 2 aromatic rings. The van der Waals surface area contributed by atoms with Crippen molar-refractivity contribution in [1.29, 1.82) is 0 Å². The van der Waals surface area contributed by atoms with E-state index in [-0.39, 0.29) is 12.8 Å². The van der Waals surface area contributed by atoms with E-state index >= 15 is 0 Å². The van der Waals surface area contributed by atoms with Crippen LogP contribution in [0, 0.1) is 0 Å². The SMILES string of the molecule is CN(C)Cc1cccc(C(N)c2ccc3c(c2)OCO3)c1. The van der Waals surface area contributed by atoms with Crippen LogP contribution >= 0.6 is 0 Å². The lowest BCUT2D eigenvalue weighted by Crippen LogP contribution is -2.14. The molecule has 3 rings (SSSR count). The van der Waals surface area contributed by atoms with Crippen LogP contribution in [-0.2, 0) is 6.54 Å². The molecule has 21 heavy (non-hydrogen) atoms. The number of fused-ring (bicyclic) bond motifs is 1. The Bertz CT molecular complexity index is 640. The molecule has 2 aromatic carbocycles. The van der Waals surface area contributed by atoms with Gasteiger partial charge in [0.2, 0.25) is 6.79 Å². The highest BCUT2D eigenvalue weighted by atomic mass is 16.7. The van der Waals surface area contributed by atoms with E-state index < -0.39 is 0 Å². The van der Waals surface area contributed by atoms with Gasteiger partial charge in [-0.25, -0.2) is 0 Å². The predicted octanol–water partition coefficient (Wildman–Crippen LogP) is 2.53. The molecule has 0 aromatic heterocycles. The Kier molecular flexibility index (Phi) is 3.82. The maximum Gasteiger partial charge on any atom is 0.231 e. The molecule has 1 aliphatic heterocycles. The van der Waals surface area contributed by atoms with Crippen LogP contribution < -0.4 is 15.2 Å². The van der Waals surface area contributed by atoms with E-state index in [1.54, 1.807) is 0 Å². The van der Waals surface area contributed by atoms with Gasteiger partial charge in [-0.15, -0.1) is 0 Å². The minimum Gasteiger partial charge on any atom is -0.454 e. The maximum atomic E-state index is 6.40. The van der Waals surface area contributed by atoms with Crippen LogP contribution in [0.5, 0.6) is 11.5 Å². The third kappa shape index (κ3) is 3.01. The Morgan fingerprint density at radius 1 is 1.05 bits per heavy atom. The number of nitrogens with two attached hydrogens (primary N) is 1. The zero-order chi connectivity index (χ0) is 14.8. The Labute approximate surface area is 125 Å². The summed E-state index contributed by atoms with van der Waals surface area (Å²) in [6.07, 6.45) is 0. The molecular formula is C17H20N2O2. The zero-order valence-corrected chi connectivity index (χ0v) is 12.4. The second-order valence-electron chi connectivity index (χ2n) is 5.57. The number of hydrogen-bond donors (Lipinski definition) is 1. The van der Waals surface area contributed by atoms with Crippen molar-refractivity contribution in [2.75, 3.05) is 20.9 Å². The van der Waals surface area contributed by atoms with Gasteiger partial charge in [0, 0.05) is 6.54 Å². The average molecular weight is 284 g/mol. The molecule has 0 radical (unpaired) electrons. The van der Waals surface area contributed by atoms with E-state index in [9.17, 15) is 0 Å². The first-order chi connectivity index (χ1) is 10.1. The summed E-state index contributed by atoms with van der Waals surface area (Å²) in [5, 5.41) is 0. The Hall–Kier alpha value is -2.04. The predicted molar refractivity (Wildman–Crippen MR) is 82.4 cm³/mol. The van der Waals surface area contributed by atoms with Crippen molar-refractivity contribution in [3.63, 3.8) is 0 Å². The maximum absolute atomic E-state index is 6.40. The largest absolute Gasteiger partial charge is 0.454 e. The van der Waals surface area contributed by atoms with E-state index in [0.29, 0.717) is 0 Å². The van der Waals surface area contributed by atoms with Gasteiger partial charge in [0.05, 0.1) is 6.04 Å². The molecule has 110 valence electrons. The number of rotatable bonds is 4. The quantitative estimate of drug-likeness (QED) is 0.937. The normalized spacial score (nSPS) is 14.5. The third-order valence-electron chi connectivity index (χ3n) is 3.56. The van der Waals surface area contributed by atoms with Gasteiger partial charge < -0.3 is 20.1 Å². The van der Waals surface area contributed by atoms with E-state index in [1.807, 2.05) is 18.2 Å². The third-order valence-corrected chi connectivity index (χ3v) is 3.56. The molecule has 4 nitrogen and oxygen atoms in total. The second-order valence-corrected chi connectivity index (χ2v) is 5.57. The zero-order valence-electron chi connectivity index (χ0n) is 12.4. The van der Waals surface area contributed by atoms with Crippen LogP contribution in [0.2, 0.25) is 0 Å². The van der Waals surface area contributed by atoms with Gasteiger partial charge in [-0.05, 0) is 42.9 Å². The molecule has 0 saturated heterocycles. The number of benzene rings is 2. The highest BCUT2D eigenvalue weighted by Gasteiger charge is 2.17. The molecule has 0 aliphatic carbocycles. The van der Waals surface area contributed by atoms with E-state index in [1.165, 1.54) is 5.56 Å². The summed E-state index contributed by atoms with van der Waals surface area (Å²) in [5.41, 5.74) is 9.79. The van der Waals surface area contributed by atoms with E-state index in [2.05, 4.69) is 43.3 Å². The fourth-order valence-electron chi connectivity index (χ4n) is 2.55. The summed E-state index contributed by atoms with van der Waals surface area (Å²) >= 11 is 0.